The second kappa shape index (κ2) is 16.7. The number of carboxylic acid groups (broad SMARTS) is 1. The number of rotatable bonds is 17. The third-order valence-corrected chi connectivity index (χ3v) is 9.46. The predicted molar refractivity (Wildman–Crippen MR) is 162 cm³/mol. The minimum Gasteiger partial charge on any atom is -0.494 e. The molecule has 3 N–H and O–H groups in total. The number of aryl methyl sites for hydroxylation is 1. The van der Waals surface area contributed by atoms with E-state index in [1.165, 1.54) is 25.7 Å². The summed E-state index contributed by atoms with van der Waals surface area (Å²) in [5.74, 6) is 0.540. The average Bonchev–Trinajstić information content (AvgIpc) is 2.94. The molecule has 2 unspecified atom stereocenters. The lowest BCUT2D eigenvalue weighted by molar-refractivity contribution is -0.139. The van der Waals surface area contributed by atoms with Gasteiger partial charge in [-0.05, 0) is 101 Å². The van der Waals surface area contributed by atoms with Crippen molar-refractivity contribution in [3.8, 4) is 5.75 Å². The minimum atomic E-state index is -3.42. The van der Waals surface area contributed by atoms with E-state index in [0.29, 0.717) is 18.7 Å². The maximum absolute atomic E-state index is 13.6. The number of carboxylic acids is 1. The Kier molecular flexibility index (Phi) is 13.3. The van der Waals surface area contributed by atoms with Crippen molar-refractivity contribution in [2.75, 3.05) is 32.5 Å². The molecule has 40 heavy (non-hydrogen) atoms. The number of benzene rings is 2. The largest absolute Gasteiger partial charge is 0.494 e. The van der Waals surface area contributed by atoms with Crippen molar-refractivity contribution in [2.24, 2.45) is 10.9 Å². The molecule has 1 heterocycles. The van der Waals surface area contributed by atoms with Gasteiger partial charge in [0, 0.05) is 11.9 Å². The van der Waals surface area contributed by atoms with Gasteiger partial charge in [-0.25, -0.2) is 5.09 Å². The molecule has 0 saturated carbocycles. The molecule has 0 bridgehead atoms. The number of carbonyl (C=O) groups is 1. The highest BCUT2D eigenvalue weighted by molar-refractivity contribution is 7.56. The van der Waals surface area contributed by atoms with Gasteiger partial charge in [-0.1, -0.05) is 43.7 Å². The van der Waals surface area contributed by atoms with E-state index in [2.05, 4.69) is 15.4 Å². The van der Waals surface area contributed by atoms with Crippen molar-refractivity contribution in [2.45, 2.75) is 71.8 Å². The molecule has 2 aromatic carbocycles. The van der Waals surface area contributed by atoms with Gasteiger partial charge in [0.25, 0.3) is 7.52 Å². The fourth-order valence-electron chi connectivity index (χ4n) is 4.86. The van der Waals surface area contributed by atoms with Gasteiger partial charge in [0.2, 0.25) is 0 Å². The number of nitrogens with one attached hydrogen (secondary N) is 2. The molecule has 2 atom stereocenters. The predicted octanol–water partition coefficient (Wildman–Crippen LogP) is 6.54. The molecule has 0 aliphatic carbocycles. The van der Waals surface area contributed by atoms with Crippen molar-refractivity contribution in [1.82, 2.24) is 10.4 Å². The topological polar surface area (TPSA) is 109 Å². The second-order valence-electron chi connectivity index (χ2n) is 10.7. The maximum atomic E-state index is 13.6. The summed E-state index contributed by atoms with van der Waals surface area (Å²) in [5, 5.41) is 16.1. The fourth-order valence-corrected chi connectivity index (χ4v) is 6.86. The second-order valence-corrected chi connectivity index (χ2v) is 13.0. The number of aliphatic carboxylic acids is 1. The number of aliphatic imine (C=N–C) groups is 1. The number of nitrogens with zero attached hydrogens (tertiary/aromatic N) is 1. The first-order valence-corrected chi connectivity index (χ1v) is 16.4. The molecule has 0 amide bonds. The van der Waals surface area contributed by atoms with E-state index in [4.69, 9.17) is 9.26 Å². The summed E-state index contributed by atoms with van der Waals surface area (Å²) in [5.41, 5.74) is 3.35. The Hall–Kier alpha value is -2.51. The highest BCUT2D eigenvalue weighted by atomic mass is 31.2. The number of hydrogen-bond donors (Lipinski definition) is 3. The van der Waals surface area contributed by atoms with Gasteiger partial charge in [-0.3, -0.25) is 14.4 Å². The zero-order valence-corrected chi connectivity index (χ0v) is 25.1. The Morgan fingerprint density at radius 3 is 2.55 bits per heavy atom. The third-order valence-electron chi connectivity index (χ3n) is 7.17. The van der Waals surface area contributed by atoms with Crippen LogP contribution in [0, 0.1) is 12.8 Å². The summed E-state index contributed by atoms with van der Waals surface area (Å²) in [7, 11) is -3.42. The molecule has 1 aliphatic rings. The van der Waals surface area contributed by atoms with Gasteiger partial charge >= 0.3 is 5.97 Å². The molecular formula is C31H46N3O5P. The zero-order chi connectivity index (χ0) is 28.8. The Labute approximate surface area is 239 Å². The molecule has 8 nitrogen and oxygen atoms in total. The summed E-state index contributed by atoms with van der Waals surface area (Å²) < 4.78 is 25.3. The summed E-state index contributed by atoms with van der Waals surface area (Å²) >= 11 is 0. The molecule has 9 heteroatoms. The van der Waals surface area contributed by atoms with Crippen LogP contribution < -0.4 is 15.1 Å². The van der Waals surface area contributed by atoms with E-state index in [1.807, 2.05) is 69.3 Å². The SMILES string of the molecule is CCCP(=O)(NC(Cc1ccc(OCCCCC2CCNCC2)cc1)C(=O)O)OCC(C)=Nc1ccccc1C. The van der Waals surface area contributed by atoms with Crippen LogP contribution in [0.1, 0.15) is 63.5 Å². The summed E-state index contributed by atoms with van der Waals surface area (Å²) in [4.78, 5) is 16.7. The highest BCUT2D eigenvalue weighted by Gasteiger charge is 2.30. The lowest BCUT2D eigenvalue weighted by Crippen LogP contribution is -2.37. The first-order chi connectivity index (χ1) is 19.3. The van der Waals surface area contributed by atoms with Gasteiger partial charge in [0.05, 0.1) is 18.9 Å². The lowest BCUT2D eigenvalue weighted by atomic mass is 9.93. The van der Waals surface area contributed by atoms with Crippen LogP contribution in [-0.2, 0) is 20.3 Å². The van der Waals surface area contributed by atoms with E-state index in [0.717, 1.165) is 48.0 Å². The Morgan fingerprint density at radius 2 is 1.88 bits per heavy atom. The molecule has 220 valence electrons. The average molecular weight is 572 g/mol. The van der Waals surface area contributed by atoms with Crippen LogP contribution in [0.25, 0.3) is 0 Å². The summed E-state index contributed by atoms with van der Waals surface area (Å²) in [6.45, 7) is 8.69. The highest BCUT2D eigenvalue weighted by Crippen LogP contribution is 2.44. The van der Waals surface area contributed by atoms with Crippen LogP contribution in [0.5, 0.6) is 5.75 Å². The molecule has 1 aliphatic heterocycles. The van der Waals surface area contributed by atoms with Gasteiger partial charge in [0.15, 0.2) is 0 Å². The van der Waals surface area contributed by atoms with Crippen LogP contribution in [0.4, 0.5) is 5.69 Å². The van der Waals surface area contributed by atoms with Crippen molar-refractivity contribution in [3.63, 3.8) is 0 Å². The number of hydrogen-bond acceptors (Lipinski definition) is 6. The summed E-state index contributed by atoms with van der Waals surface area (Å²) in [6.07, 6.45) is 7.02. The van der Waals surface area contributed by atoms with Gasteiger partial charge in [-0.15, -0.1) is 0 Å². The standard InChI is InChI=1S/C31H46N3O5P/c1-4-21-40(37,39-23-25(3)33-29-11-6-5-9-24(29)2)34-30(31(35)36)22-27-12-14-28(15-13-27)38-20-8-7-10-26-16-18-32-19-17-26/h5-6,9,11-15,26,30,32H,4,7-8,10,16-23H2,1-3H3,(H,34,37)(H,35,36). The molecule has 0 spiro atoms. The van der Waals surface area contributed by atoms with Gasteiger partial charge < -0.3 is 19.7 Å². The molecule has 3 rings (SSSR count). The van der Waals surface area contributed by atoms with Crippen LogP contribution in [-0.4, -0.2) is 55.3 Å². The minimum absolute atomic E-state index is 0.0504. The number of ether oxygens (including phenoxy) is 1. The van der Waals surface area contributed by atoms with Crippen LogP contribution >= 0.6 is 7.52 Å². The van der Waals surface area contributed by atoms with Crippen LogP contribution in [0.15, 0.2) is 53.5 Å². The normalized spacial score (nSPS) is 16.8. The summed E-state index contributed by atoms with van der Waals surface area (Å²) in [6, 6.07) is 14.2. The zero-order valence-electron chi connectivity index (χ0n) is 24.2. The molecule has 1 fully saturated rings. The van der Waals surface area contributed by atoms with Crippen molar-refractivity contribution >= 4 is 24.9 Å². The molecule has 2 aromatic rings. The maximum Gasteiger partial charge on any atom is 0.321 e. The van der Waals surface area contributed by atoms with Gasteiger partial charge in [-0.2, -0.15) is 0 Å². The molecule has 0 radical (unpaired) electrons. The van der Waals surface area contributed by atoms with Crippen molar-refractivity contribution in [3.05, 3.63) is 59.7 Å². The number of piperidine rings is 1. The Bertz CT molecular complexity index is 1130. The third kappa shape index (κ3) is 11.2. The quantitative estimate of drug-likeness (QED) is 0.112. The Morgan fingerprint density at radius 1 is 1.15 bits per heavy atom. The lowest BCUT2D eigenvalue weighted by Gasteiger charge is -2.24. The number of para-hydroxylation sites is 1. The van der Waals surface area contributed by atoms with E-state index in [-0.39, 0.29) is 19.2 Å². The first kappa shape index (κ1) is 32.0. The van der Waals surface area contributed by atoms with Gasteiger partial charge in [0.1, 0.15) is 11.8 Å². The van der Waals surface area contributed by atoms with E-state index in [1.54, 1.807) is 0 Å². The molecule has 0 aromatic heterocycles. The Balaban J connectivity index is 1.50. The molecule has 1 saturated heterocycles. The van der Waals surface area contributed by atoms with E-state index < -0.39 is 19.5 Å². The van der Waals surface area contributed by atoms with E-state index in [9.17, 15) is 14.5 Å². The van der Waals surface area contributed by atoms with E-state index >= 15 is 0 Å². The smallest absolute Gasteiger partial charge is 0.321 e. The fraction of sp³-hybridized carbons (Fsp3) is 0.548. The number of unbranched alkanes of at least 4 members (excludes halogenated alkanes) is 1. The molecular weight excluding hydrogens is 525 g/mol. The van der Waals surface area contributed by atoms with Crippen LogP contribution in [0.3, 0.4) is 0 Å². The monoisotopic (exact) mass is 571 g/mol. The van der Waals surface area contributed by atoms with Crippen molar-refractivity contribution in [1.29, 1.82) is 0 Å². The van der Waals surface area contributed by atoms with Crippen molar-refractivity contribution < 1.29 is 23.7 Å². The van der Waals surface area contributed by atoms with Crippen LogP contribution in [0.2, 0.25) is 0 Å². The first-order valence-electron chi connectivity index (χ1n) is 14.5.